The van der Waals surface area contributed by atoms with Crippen molar-refractivity contribution in [1.82, 2.24) is 10.2 Å². The normalized spacial score (nSPS) is 14.6. The van der Waals surface area contributed by atoms with Gasteiger partial charge in [-0.2, -0.15) is 0 Å². The molecule has 1 heterocycles. The fraction of sp³-hybridized carbons (Fsp3) is 0.345. The van der Waals surface area contributed by atoms with Gasteiger partial charge in [-0.3, -0.25) is 9.89 Å². The van der Waals surface area contributed by atoms with Gasteiger partial charge >= 0.3 is 0 Å². The van der Waals surface area contributed by atoms with E-state index in [1.807, 2.05) is 6.92 Å². The van der Waals surface area contributed by atoms with Crippen molar-refractivity contribution in [1.29, 1.82) is 0 Å². The maximum atomic E-state index is 4.69. The molecule has 0 bridgehead atoms. The molecule has 2 aromatic rings. The van der Waals surface area contributed by atoms with E-state index in [2.05, 4.69) is 123 Å². The molecule has 0 radical (unpaired) electrons. The van der Waals surface area contributed by atoms with E-state index in [0.717, 1.165) is 24.6 Å². The van der Waals surface area contributed by atoms with E-state index in [4.69, 9.17) is 11.5 Å². The maximum Gasteiger partial charge on any atom is 0.0978 e. The first-order valence-electron chi connectivity index (χ1n) is 11.9. The van der Waals surface area contributed by atoms with Crippen molar-refractivity contribution in [2.24, 2.45) is 16.5 Å². The first-order chi connectivity index (χ1) is 16.2. The monoisotopic (exact) mass is 461 g/mol. The van der Waals surface area contributed by atoms with E-state index in [1.54, 1.807) is 0 Å². The summed E-state index contributed by atoms with van der Waals surface area (Å²) < 4.78 is 0. The number of nitrogens with zero attached hydrogens (tertiary/aromatic N) is 2. The van der Waals surface area contributed by atoms with Crippen LogP contribution >= 0.6 is 0 Å². The third-order valence-electron chi connectivity index (χ3n) is 5.12. The predicted molar refractivity (Wildman–Crippen MR) is 149 cm³/mol. The Morgan fingerprint density at radius 3 is 2.32 bits per heavy atom. The van der Waals surface area contributed by atoms with Crippen LogP contribution in [0.15, 0.2) is 83.8 Å². The molecule has 0 spiro atoms. The van der Waals surface area contributed by atoms with E-state index < -0.39 is 0 Å². The van der Waals surface area contributed by atoms with Gasteiger partial charge < -0.3 is 16.8 Å². The van der Waals surface area contributed by atoms with Crippen LogP contribution in [0.1, 0.15) is 62.4 Å². The molecule has 0 saturated heterocycles. The van der Waals surface area contributed by atoms with E-state index in [0.29, 0.717) is 6.04 Å². The third-order valence-corrected chi connectivity index (χ3v) is 5.12. The molecule has 184 valence electrons. The Labute approximate surface area is 207 Å². The number of hydrogen-bond acceptors (Lipinski definition) is 5. The van der Waals surface area contributed by atoms with Gasteiger partial charge in [-0.15, -0.1) is 0 Å². The number of hydrogen-bond donors (Lipinski definition) is 3. The zero-order chi connectivity index (χ0) is 25.5. The van der Waals surface area contributed by atoms with Crippen LogP contribution in [0.4, 0.5) is 0 Å². The van der Waals surface area contributed by atoms with Crippen LogP contribution < -0.4 is 16.8 Å². The second-order valence-electron chi connectivity index (χ2n) is 8.55. The molecule has 34 heavy (non-hydrogen) atoms. The molecule has 0 fully saturated rings. The summed E-state index contributed by atoms with van der Waals surface area (Å²) in [6.07, 6.45) is 7.65. The Kier molecular flexibility index (Phi) is 13.1. The van der Waals surface area contributed by atoms with Gasteiger partial charge in [-0.1, -0.05) is 87.5 Å². The second kappa shape index (κ2) is 15.5. The molecule has 1 aliphatic heterocycles. The van der Waals surface area contributed by atoms with Crippen LogP contribution in [0, 0.1) is 6.92 Å². The van der Waals surface area contributed by atoms with Gasteiger partial charge in [0.1, 0.15) is 0 Å². The SMILES string of the molecule is C=C(N)N.CC1=NC/C(=C/C=C/c2cc(CN(C)[C@@H](C)c3ccccc3)ccc2C)N1.CCC. The fourth-order valence-electron chi connectivity index (χ4n) is 3.26. The summed E-state index contributed by atoms with van der Waals surface area (Å²) in [6.45, 7) is 15.4. The molecule has 0 saturated carbocycles. The molecule has 1 aliphatic rings. The van der Waals surface area contributed by atoms with Crippen molar-refractivity contribution in [2.75, 3.05) is 13.6 Å². The Morgan fingerprint density at radius 1 is 1.15 bits per heavy atom. The number of nitrogens with one attached hydrogen (secondary N) is 1. The Hall–Kier alpha value is -3.31. The van der Waals surface area contributed by atoms with Crippen molar-refractivity contribution in [2.45, 2.75) is 53.6 Å². The molecule has 5 heteroatoms. The van der Waals surface area contributed by atoms with Crippen LogP contribution in [-0.4, -0.2) is 24.3 Å². The largest absolute Gasteiger partial charge is 0.386 e. The molecule has 0 amide bonds. The van der Waals surface area contributed by atoms with Gasteiger partial charge in [-0.05, 0) is 56.1 Å². The minimum Gasteiger partial charge on any atom is -0.386 e. The lowest BCUT2D eigenvalue weighted by molar-refractivity contribution is 0.253. The Balaban J connectivity index is 0.000000732. The van der Waals surface area contributed by atoms with Crippen molar-refractivity contribution in [3.8, 4) is 0 Å². The number of benzene rings is 2. The van der Waals surface area contributed by atoms with E-state index >= 15 is 0 Å². The van der Waals surface area contributed by atoms with Gasteiger partial charge in [-0.25, -0.2) is 0 Å². The van der Waals surface area contributed by atoms with Crippen LogP contribution in [0.3, 0.4) is 0 Å². The molecular formula is C29H43N5. The number of nitrogens with two attached hydrogens (primary N) is 2. The molecule has 2 aromatic carbocycles. The molecule has 0 unspecified atom stereocenters. The lowest BCUT2D eigenvalue weighted by Gasteiger charge is -2.25. The average molecular weight is 462 g/mol. The highest BCUT2D eigenvalue weighted by atomic mass is 15.1. The van der Waals surface area contributed by atoms with Gasteiger partial charge in [0.05, 0.1) is 18.2 Å². The lowest BCUT2D eigenvalue weighted by Crippen LogP contribution is -2.21. The van der Waals surface area contributed by atoms with Crippen LogP contribution in [0.5, 0.6) is 0 Å². The van der Waals surface area contributed by atoms with Gasteiger partial charge in [0, 0.05) is 18.3 Å². The van der Waals surface area contributed by atoms with Crippen LogP contribution in [0.25, 0.3) is 6.08 Å². The standard InChI is InChI=1S/C24H29N3.C3H8.C2H6N2/c1-18-13-14-21(17-27(4)19(2)22-9-6-5-7-10-22)15-23(18)11-8-12-24-16-25-20(3)26-24;1-3-2;1-2(3)4/h5-15,19H,16-17H2,1-4H3,(H,25,26);3H2,1-2H3;1,3-4H2/b11-8+,24-12-;;/t19-;;/m0../s1. The zero-order valence-corrected chi connectivity index (χ0v) is 21.8. The quantitative estimate of drug-likeness (QED) is 0.500. The number of allylic oxidation sites excluding steroid dienone is 2. The maximum absolute atomic E-state index is 4.69. The fourth-order valence-corrected chi connectivity index (χ4v) is 3.26. The molecular weight excluding hydrogens is 418 g/mol. The molecule has 5 N–H and O–H groups in total. The molecule has 0 aromatic heterocycles. The number of amidine groups is 1. The number of aryl methyl sites for hydroxylation is 1. The van der Waals surface area contributed by atoms with Gasteiger partial charge in [0.25, 0.3) is 0 Å². The summed E-state index contributed by atoms with van der Waals surface area (Å²) in [5.41, 5.74) is 15.8. The summed E-state index contributed by atoms with van der Waals surface area (Å²) in [5, 5.41) is 3.27. The lowest BCUT2D eigenvalue weighted by atomic mass is 10.0. The molecule has 1 atom stereocenters. The summed E-state index contributed by atoms with van der Waals surface area (Å²) in [7, 11) is 2.19. The van der Waals surface area contributed by atoms with E-state index in [9.17, 15) is 0 Å². The zero-order valence-electron chi connectivity index (χ0n) is 21.8. The van der Waals surface area contributed by atoms with Crippen molar-refractivity contribution < 1.29 is 0 Å². The second-order valence-corrected chi connectivity index (χ2v) is 8.55. The Morgan fingerprint density at radius 2 is 1.76 bits per heavy atom. The topological polar surface area (TPSA) is 79.7 Å². The first-order valence-corrected chi connectivity index (χ1v) is 11.9. The average Bonchev–Trinajstić information content (AvgIpc) is 3.21. The summed E-state index contributed by atoms with van der Waals surface area (Å²) in [5.74, 6) is 1.16. The molecule has 0 aliphatic carbocycles. The highest BCUT2D eigenvalue weighted by Gasteiger charge is 2.12. The van der Waals surface area contributed by atoms with Gasteiger partial charge in [0.15, 0.2) is 0 Å². The smallest absolute Gasteiger partial charge is 0.0978 e. The molecule has 5 nitrogen and oxygen atoms in total. The Bertz CT molecular complexity index is 969. The van der Waals surface area contributed by atoms with Crippen molar-refractivity contribution in [3.63, 3.8) is 0 Å². The van der Waals surface area contributed by atoms with Gasteiger partial charge in [0.2, 0.25) is 0 Å². The van der Waals surface area contributed by atoms with Crippen LogP contribution in [-0.2, 0) is 6.54 Å². The van der Waals surface area contributed by atoms with E-state index in [1.165, 1.54) is 28.7 Å². The number of aliphatic imine (C=N–C) groups is 1. The number of rotatable bonds is 6. The minimum atomic E-state index is 0.167. The summed E-state index contributed by atoms with van der Waals surface area (Å²) >= 11 is 0. The summed E-state index contributed by atoms with van der Waals surface area (Å²) in [6, 6.07) is 17.8. The highest BCUT2D eigenvalue weighted by Crippen LogP contribution is 2.22. The molecule has 3 rings (SSSR count). The van der Waals surface area contributed by atoms with Crippen LogP contribution in [0.2, 0.25) is 0 Å². The predicted octanol–water partition coefficient (Wildman–Crippen LogP) is 5.90. The minimum absolute atomic E-state index is 0.167. The first kappa shape index (κ1) is 28.7. The van der Waals surface area contributed by atoms with Crippen molar-refractivity contribution in [3.05, 3.63) is 101 Å². The van der Waals surface area contributed by atoms with E-state index in [-0.39, 0.29) is 5.82 Å². The third kappa shape index (κ3) is 11.0. The van der Waals surface area contributed by atoms with Crippen molar-refractivity contribution >= 4 is 11.9 Å². The highest BCUT2D eigenvalue weighted by molar-refractivity contribution is 5.83. The summed E-state index contributed by atoms with van der Waals surface area (Å²) in [4.78, 5) is 6.73.